The molecule has 0 aliphatic carbocycles. The number of benzene rings is 2. The Morgan fingerprint density at radius 2 is 1.67 bits per heavy atom. The topological polar surface area (TPSA) is 62.7 Å². The molecule has 0 amide bonds. The molecule has 0 aliphatic heterocycles. The molecular formula is C21H18ClN5. The Hall–Kier alpha value is -3.18. The van der Waals surface area contributed by atoms with Crippen LogP contribution in [0, 0.1) is 0 Å². The zero-order valence-electron chi connectivity index (χ0n) is 14.6. The van der Waals surface area contributed by atoms with E-state index >= 15 is 0 Å². The smallest absolute Gasteiger partial charge is 0.135 e. The molecule has 2 N–H and O–H groups in total. The second-order valence-electron chi connectivity index (χ2n) is 6.10. The van der Waals surface area contributed by atoms with E-state index in [1.165, 1.54) is 5.56 Å². The Morgan fingerprint density at radius 1 is 0.852 bits per heavy atom. The lowest BCUT2D eigenvalue weighted by Gasteiger charge is -2.10. The summed E-state index contributed by atoms with van der Waals surface area (Å²) in [7, 11) is 0. The number of pyridine rings is 1. The Morgan fingerprint density at radius 3 is 2.56 bits per heavy atom. The van der Waals surface area contributed by atoms with Crippen molar-refractivity contribution in [3.05, 3.63) is 83.8 Å². The van der Waals surface area contributed by atoms with Crippen molar-refractivity contribution in [1.29, 1.82) is 0 Å². The van der Waals surface area contributed by atoms with E-state index in [4.69, 9.17) is 11.6 Å². The number of anilines is 3. The van der Waals surface area contributed by atoms with Crippen molar-refractivity contribution >= 4 is 39.8 Å². The minimum absolute atomic E-state index is 0.720. The molecule has 0 spiro atoms. The normalized spacial score (nSPS) is 10.7. The Kier molecular flexibility index (Phi) is 5.12. The van der Waals surface area contributed by atoms with Gasteiger partial charge >= 0.3 is 0 Å². The molecule has 2 aromatic carbocycles. The minimum Gasteiger partial charge on any atom is -0.370 e. The molecule has 5 nitrogen and oxygen atoms in total. The quantitative estimate of drug-likeness (QED) is 0.492. The molecule has 4 aromatic rings. The van der Waals surface area contributed by atoms with E-state index in [-0.39, 0.29) is 0 Å². The van der Waals surface area contributed by atoms with Gasteiger partial charge in [0.2, 0.25) is 0 Å². The number of para-hydroxylation sites is 1. The van der Waals surface area contributed by atoms with Gasteiger partial charge in [0.15, 0.2) is 0 Å². The molecular weight excluding hydrogens is 358 g/mol. The van der Waals surface area contributed by atoms with Crippen LogP contribution in [0.25, 0.3) is 10.9 Å². The monoisotopic (exact) mass is 375 g/mol. The summed E-state index contributed by atoms with van der Waals surface area (Å²) >= 11 is 5.92. The zero-order valence-corrected chi connectivity index (χ0v) is 15.3. The second kappa shape index (κ2) is 8.01. The number of hydrogen-bond donors (Lipinski definition) is 2. The predicted molar refractivity (Wildman–Crippen MR) is 111 cm³/mol. The molecule has 0 unspecified atom stereocenters. The minimum atomic E-state index is 0.720. The maximum Gasteiger partial charge on any atom is 0.135 e. The third-order valence-corrected chi connectivity index (χ3v) is 4.45. The van der Waals surface area contributed by atoms with Gasteiger partial charge in [-0.25, -0.2) is 9.97 Å². The van der Waals surface area contributed by atoms with Gasteiger partial charge in [-0.05, 0) is 36.2 Å². The van der Waals surface area contributed by atoms with Gasteiger partial charge < -0.3 is 10.6 Å². The lowest BCUT2D eigenvalue weighted by molar-refractivity contribution is 1.000. The van der Waals surface area contributed by atoms with Gasteiger partial charge in [-0.15, -0.1) is 0 Å². The van der Waals surface area contributed by atoms with Crippen molar-refractivity contribution in [2.24, 2.45) is 0 Å². The number of fused-ring (bicyclic) bond motifs is 1. The van der Waals surface area contributed by atoms with Crippen molar-refractivity contribution in [3.63, 3.8) is 0 Å². The van der Waals surface area contributed by atoms with Crippen LogP contribution < -0.4 is 10.6 Å². The van der Waals surface area contributed by atoms with Crippen molar-refractivity contribution in [2.45, 2.75) is 6.42 Å². The number of rotatable bonds is 6. The lowest BCUT2D eigenvalue weighted by atomic mass is 10.1. The Labute approximate surface area is 162 Å². The predicted octanol–water partition coefficient (Wildman–Crippen LogP) is 5.08. The summed E-state index contributed by atoms with van der Waals surface area (Å²) in [6.07, 6.45) is 4.22. The fourth-order valence-corrected chi connectivity index (χ4v) is 2.98. The first-order valence-electron chi connectivity index (χ1n) is 8.69. The highest BCUT2D eigenvalue weighted by Gasteiger charge is 2.04. The Bertz CT molecular complexity index is 1040. The van der Waals surface area contributed by atoms with Gasteiger partial charge in [0.05, 0.1) is 11.2 Å². The van der Waals surface area contributed by atoms with E-state index in [1.54, 1.807) is 12.5 Å². The summed E-state index contributed by atoms with van der Waals surface area (Å²) in [5.41, 5.74) is 3.05. The van der Waals surface area contributed by atoms with Crippen LogP contribution in [-0.2, 0) is 6.42 Å². The third-order valence-electron chi connectivity index (χ3n) is 4.20. The van der Waals surface area contributed by atoms with Crippen molar-refractivity contribution in [2.75, 3.05) is 17.2 Å². The van der Waals surface area contributed by atoms with Crippen LogP contribution in [0.15, 0.2) is 73.2 Å². The number of halogens is 1. The van der Waals surface area contributed by atoms with Gasteiger partial charge in [-0.1, -0.05) is 41.9 Å². The standard InChI is InChI=1S/C21H18ClN5/c22-17-8-6-15(7-9-17)10-12-23-19-13-20(26-14-25-19)27-18-5-1-3-16-4-2-11-24-21(16)18/h1-9,11,13-14H,10,12H2,(H2,23,25,26,27). The third kappa shape index (κ3) is 4.33. The number of hydrogen-bond acceptors (Lipinski definition) is 5. The lowest BCUT2D eigenvalue weighted by Crippen LogP contribution is -2.07. The summed E-state index contributed by atoms with van der Waals surface area (Å²) in [4.78, 5) is 13.1. The SMILES string of the molecule is Clc1ccc(CCNc2cc(Nc3cccc4cccnc34)ncn2)cc1. The van der Waals surface area contributed by atoms with Gasteiger partial charge in [0.25, 0.3) is 0 Å². The van der Waals surface area contributed by atoms with Crippen LogP contribution in [0.4, 0.5) is 17.3 Å². The highest BCUT2D eigenvalue weighted by molar-refractivity contribution is 6.30. The largest absolute Gasteiger partial charge is 0.370 e. The molecule has 0 fully saturated rings. The van der Waals surface area contributed by atoms with E-state index in [1.807, 2.05) is 60.7 Å². The summed E-state index contributed by atoms with van der Waals surface area (Å²) in [6, 6.07) is 19.8. The molecule has 0 aliphatic rings. The van der Waals surface area contributed by atoms with E-state index < -0.39 is 0 Å². The van der Waals surface area contributed by atoms with Crippen LogP contribution in [0.5, 0.6) is 0 Å². The number of nitrogens with one attached hydrogen (secondary N) is 2. The van der Waals surface area contributed by atoms with Crippen LogP contribution in [-0.4, -0.2) is 21.5 Å². The van der Waals surface area contributed by atoms with Crippen molar-refractivity contribution in [1.82, 2.24) is 15.0 Å². The molecule has 2 heterocycles. The van der Waals surface area contributed by atoms with Crippen LogP contribution >= 0.6 is 11.6 Å². The van der Waals surface area contributed by atoms with Gasteiger partial charge in [-0.2, -0.15) is 0 Å². The maximum absolute atomic E-state index is 5.92. The molecule has 0 bridgehead atoms. The molecule has 0 atom stereocenters. The molecule has 0 radical (unpaired) electrons. The van der Waals surface area contributed by atoms with E-state index in [0.29, 0.717) is 0 Å². The van der Waals surface area contributed by atoms with Gasteiger partial charge in [-0.3, -0.25) is 4.98 Å². The Balaban J connectivity index is 1.43. The van der Waals surface area contributed by atoms with E-state index in [0.717, 1.165) is 46.2 Å². The number of nitrogens with zero attached hydrogens (tertiary/aromatic N) is 3. The van der Waals surface area contributed by atoms with Gasteiger partial charge in [0.1, 0.15) is 18.0 Å². The average molecular weight is 376 g/mol. The summed E-state index contributed by atoms with van der Waals surface area (Å²) < 4.78 is 0. The molecule has 4 rings (SSSR count). The molecule has 0 saturated carbocycles. The van der Waals surface area contributed by atoms with Crippen LogP contribution in [0.3, 0.4) is 0 Å². The molecule has 6 heteroatoms. The van der Waals surface area contributed by atoms with Crippen molar-refractivity contribution < 1.29 is 0 Å². The molecule has 2 aromatic heterocycles. The molecule has 27 heavy (non-hydrogen) atoms. The van der Waals surface area contributed by atoms with Crippen molar-refractivity contribution in [3.8, 4) is 0 Å². The highest BCUT2D eigenvalue weighted by atomic mass is 35.5. The molecule has 134 valence electrons. The first-order valence-corrected chi connectivity index (χ1v) is 9.07. The van der Waals surface area contributed by atoms with Gasteiger partial charge in [0, 0.05) is 29.2 Å². The first kappa shape index (κ1) is 17.2. The summed E-state index contributed by atoms with van der Waals surface area (Å²) in [5, 5.41) is 8.50. The second-order valence-corrected chi connectivity index (χ2v) is 6.53. The fourth-order valence-electron chi connectivity index (χ4n) is 2.85. The van der Waals surface area contributed by atoms with Crippen LogP contribution in [0.1, 0.15) is 5.56 Å². The summed E-state index contributed by atoms with van der Waals surface area (Å²) in [5.74, 6) is 1.49. The van der Waals surface area contributed by atoms with E-state index in [2.05, 4.69) is 25.6 Å². The average Bonchev–Trinajstić information content (AvgIpc) is 2.70. The number of aromatic nitrogens is 3. The fraction of sp³-hybridized carbons (Fsp3) is 0.0952. The maximum atomic E-state index is 5.92. The highest BCUT2D eigenvalue weighted by Crippen LogP contribution is 2.24. The zero-order chi connectivity index (χ0) is 18.5. The first-order chi connectivity index (χ1) is 13.3. The van der Waals surface area contributed by atoms with E-state index in [9.17, 15) is 0 Å². The molecule has 0 saturated heterocycles. The summed E-state index contributed by atoms with van der Waals surface area (Å²) in [6.45, 7) is 0.772. The van der Waals surface area contributed by atoms with Crippen LogP contribution in [0.2, 0.25) is 5.02 Å².